The van der Waals surface area contributed by atoms with E-state index in [0.29, 0.717) is 44.1 Å². The number of carbonyl (C=O) groups excluding carboxylic acids is 1. The van der Waals surface area contributed by atoms with Crippen molar-refractivity contribution < 1.29 is 19.4 Å². The number of hydrogen-bond acceptors (Lipinski definition) is 5. The van der Waals surface area contributed by atoms with Crippen molar-refractivity contribution in [2.24, 2.45) is 0 Å². The lowest BCUT2D eigenvalue weighted by atomic mass is 9.95. The number of phenols is 1. The number of nitrogens with zero attached hydrogens (tertiary/aromatic N) is 2. The van der Waals surface area contributed by atoms with E-state index in [1.165, 1.54) is 6.07 Å². The molecule has 3 aromatic carbocycles. The number of aromatic hydroxyl groups is 1. The van der Waals surface area contributed by atoms with Crippen molar-refractivity contribution >= 4 is 29.1 Å². The number of benzene rings is 3. The van der Waals surface area contributed by atoms with Gasteiger partial charge in [0.1, 0.15) is 17.1 Å². The largest absolute Gasteiger partial charge is 0.507 e. The zero-order valence-corrected chi connectivity index (χ0v) is 20.4. The third kappa shape index (κ3) is 3.96. The summed E-state index contributed by atoms with van der Waals surface area (Å²) in [6.45, 7) is 0.265. The Balaban J connectivity index is 1.70. The van der Waals surface area contributed by atoms with Crippen molar-refractivity contribution in [3.63, 3.8) is 0 Å². The minimum atomic E-state index is -0.541. The van der Waals surface area contributed by atoms with E-state index in [1.54, 1.807) is 43.4 Å². The Morgan fingerprint density at radius 3 is 2.54 bits per heavy atom. The molecule has 2 heterocycles. The van der Waals surface area contributed by atoms with Crippen molar-refractivity contribution in [1.29, 1.82) is 0 Å². The van der Waals surface area contributed by atoms with E-state index in [0.717, 1.165) is 11.1 Å². The number of fused-ring (bicyclic) bond motifs is 1. The second-order valence-corrected chi connectivity index (χ2v) is 8.91. The van der Waals surface area contributed by atoms with Crippen LogP contribution in [0.1, 0.15) is 33.2 Å². The van der Waals surface area contributed by atoms with Gasteiger partial charge in [-0.1, -0.05) is 47.5 Å². The molecule has 1 aliphatic heterocycles. The second kappa shape index (κ2) is 9.17. The molecule has 4 aromatic rings. The number of methoxy groups -OCH3 is 2. The Morgan fingerprint density at radius 1 is 1.03 bits per heavy atom. The number of aromatic nitrogens is 2. The maximum Gasteiger partial charge on any atom is 0.273 e. The first kappa shape index (κ1) is 23.1. The van der Waals surface area contributed by atoms with E-state index in [9.17, 15) is 9.90 Å². The highest BCUT2D eigenvalue weighted by Crippen LogP contribution is 2.47. The van der Waals surface area contributed by atoms with Gasteiger partial charge in [0.15, 0.2) is 11.5 Å². The first-order valence-corrected chi connectivity index (χ1v) is 11.5. The molecule has 1 amide bonds. The first-order valence-electron chi connectivity index (χ1n) is 10.8. The number of halogens is 2. The lowest BCUT2D eigenvalue weighted by molar-refractivity contribution is 0.0730. The second-order valence-electron chi connectivity index (χ2n) is 8.06. The van der Waals surface area contributed by atoms with Gasteiger partial charge in [-0.25, -0.2) is 0 Å². The molecule has 1 atom stereocenters. The van der Waals surface area contributed by atoms with Gasteiger partial charge in [0.05, 0.1) is 20.3 Å². The van der Waals surface area contributed by atoms with Crippen LogP contribution in [0.25, 0.3) is 11.3 Å². The number of nitrogens with one attached hydrogen (secondary N) is 1. The van der Waals surface area contributed by atoms with Crippen LogP contribution in [0, 0.1) is 0 Å². The number of phenolic OH excluding ortho intramolecular Hbond substituents is 1. The van der Waals surface area contributed by atoms with E-state index in [1.807, 2.05) is 30.3 Å². The Labute approximate surface area is 211 Å². The molecule has 178 valence electrons. The minimum Gasteiger partial charge on any atom is -0.507 e. The molecule has 0 aliphatic carbocycles. The Bertz CT molecular complexity index is 1440. The normalized spacial score (nSPS) is 14.8. The molecule has 2 N–H and O–H groups in total. The zero-order valence-electron chi connectivity index (χ0n) is 18.9. The fourth-order valence-corrected chi connectivity index (χ4v) is 4.81. The molecule has 0 spiro atoms. The topological polar surface area (TPSA) is 87.7 Å². The van der Waals surface area contributed by atoms with Crippen LogP contribution in [0.3, 0.4) is 0 Å². The number of ether oxygens (including phenoxy) is 2. The van der Waals surface area contributed by atoms with Gasteiger partial charge < -0.3 is 19.5 Å². The third-order valence-electron chi connectivity index (χ3n) is 6.10. The van der Waals surface area contributed by atoms with Crippen molar-refractivity contribution in [3.05, 3.63) is 93.1 Å². The molecule has 0 saturated carbocycles. The van der Waals surface area contributed by atoms with E-state index in [4.69, 9.17) is 32.7 Å². The summed E-state index contributed by atoms with van der Waals surface area (Å²) in [6, 6.07) is 17.1. The summed E-state index contributed by atoms with van der Waals surface area (Å²) in [7, 11) is 3.12. The highest BCUT2D eigenvalue weighted by Gasteiger charge is 2.43. The summed E-state index contributed by atoms with van der Waals surface area (Å²) in [5, 5.41) is 18.9. The summed E-state index contributed by atoms with van der Waals surface area (Å²) < 4.78 is 10.9. The van der Waals surface area contributed by atoms with Crippen LogP contribution in [0.4, 0.5) is 0 Å². The maximum atomic E-state index is 13.6. The van der Waals surface area contributed by atoms with Gasteiger partial charge in [0.25, 0.3) is 5.91 Å². The number of carbonyl (C=O) groups is 1. The Hall–Kier alpha value is -3.68. The molecular weight excluding hydrogens is 489 g/mol. The molecule has 35 heavy (non-hydrogen) atoms. The van der Waals surface area contributed by atoms with Crippen LogP contribution in [0.2, 0.25) is 10.0 Å². The molecule has 5 rings (SSSR count). The van der Waals surface area contributed by atoms with Gasteiger partial charge in [-0.2, -0.15) is 5.10 Å². The zero-order chi connectivity index (χ0) is 24.7. The van der Waals surface area contributed by atoms with Gasteiger partial charge in [0, 0.05) is 27.7 Å². The number of amides is 1. The van der Waals surface area contributed by atoms with E-state index in [-0.39, 0.29) is 18.2 Å². The molecular formula is C26H21Cl2N3O4. The van der Waals surface area contributed by atoms with Crippen molar-refractivity contribution in [2.45, 2.75) is 12.6 Å². The lowest BCUT2D eigenvalue weighted by Gasteiger charge is -2.27. The van der Waals surface area contributed by atoms with E-state index < -0.39 is 6.04 Å². The van der Waals surface area contributed by atoms with Crippen molar-refractivity contribution in [1.82, 2.24) is 15.1 Å². The SMILES string of the molecule is COc1ccc(C2c3c(-c4cc(Cl)ccc4O)n[nH]c3C(=O)N2Cc2ccccc2Cl)cc1OC. The highest BCUT2D eigenvalue weighted by molar-refractivity contribution is 6.31. The summed E-state index contributed by atoms with van der Waals surface area (Å²) in [6.07, 6.45) is 0. The van der Waals surface area contributed by atoms with Crippen LogP contribution in [-0.4, -0.2) is 40.3 Å². The maximum absolute atomic E-state index is 13.6. The fourth-order valence-electron chi connectivity index (χ4n) is 4.44. The van der Waals surface area contributed by atoms with Crippen LogP contribution in [-0.2, 0) is 6.54 Å². The third-order valence-corrected chi connectivity index (χ3v) is 6.70. The van der Waals surface area contributed by atoms with Gasteiger partial charge in [-0.05, 0) is 47.5 Å². The van der Waals surface area contributed by atoms with Crippen LogP contribution in [0.5, 0.6) is 17.2 Å². The van der Waals surface area contributed by atoms with Crippen molar-refractivity contribution in [3.8, 4) is 28.5 Å². The average Bonchev–Trinajstić information content (AvgIpc) is 3.40. The summed E-state index contributed by atoms with van der Waals surface area (Å²) in [5.41, 5.74) is 3.42. The molecule has 9 heteroatoms. The summed E-state index contributed by atoms with van der Waals surface area (Å²) >= 11 is 12.7. The molecule has 0 bridgehead atoms. The standard InChI is InChI=1S/C26H21Cl2N3O4/c1-34-20-10-7-14(11-21(20)35-2)25-22-23(17-12-16(27)8-9-19(17)32)29-30-24(22)26(33)31(25)13-15-5-3-4-6-18(15)28/h3-12,25,32H,13H2,1-2H3,(H,29,30). The quantitative estimate of drug-likeness (QED) is 0.340. The smallest absolute Gasteiger partial charge is 0.273 e. The molecule has 1 unspecified atom stereocenters. The molecule has 1 aromatic heterocycles. The Morgan fingerprint density at radius 2 is 1.80 bits per heavy atom. The molecule has 1 aliphatic rings. The van der Waals surface area contributed by atoms with Crippen LogP contribution < -0.4 is 9.47 Å². The van der Waals surface area contributed by atoms with Gasteiger partial charge >= 0.3 is 0 Å². The van der Waals surface area contributed by atoms with Gasteiger partial charge in [-0.3, -0.25) is 9.89 Å². The molecule has 0 radical (unpaired) electrons. The van der Waals surface area contributed by atoms with Crippen LogP contribution in [0.15, 0.2) is 60.7 Å². The first-order chi connectivity index (χ1) is 16.9. The van der Waals surface area contributed by atoms with Gasteiger partial charge in [-0.15, -0.1) is 0 Å². The van der Waals surface area contributed by atoms with Crippen molar-refractivity contribution in [2.75, 3.05) is 14.2 Å². The van der Waals surface area contributed by atoms with E-state index >= 15 is 0 Å². The number of hydrogen-bond donors (Lipinski definition) is 2. The predicted molar refractivity (Wildman–Crippen MR) is 133 cm³/mol. The fraction of sp³-hybridized carbons (Fsp3) is 0.154. The van der Waals surface area contributed by atoms with Crippen LogP contribution >= 0.6 is 23.2 Å². The molecule has 0 saturated heterocycles. The summed E-state index contributed by atoms with van der Waals surface area (Å²) in [5.74, 6) is 0.865. The average molecular weight is 510 g/mol. The highest BCUT2D eigenvalue weighted by atomic mass is 35.5. The number of H-pyrrole nitrogens is 1. The molecule has 7 nitrogen and oxygen atoms in total. The minimum absolute atomic E-state index is 0.00626. The Kier molecular flexibility index (Phi) is 6.05. The lowest BCUT2D eigenvalue weighted by Crippen LogP contribution is -2.29. The number of aromatic amines is 1. The molecule has 0 fully saturated rings. The van der Waals surface area contributed by atoms with E-state index in [2.05, 4.69) is 10.2 Å². The predicted octanol–water partition coefficient (Wildman–Crippen LogP) is 5.85. The van der Waals surface area contributed by atoms with Gasteiger partial charge in [0.2, 0.25) is 0 Å². The summed E-state index contributed by atoms with van der Waals surface area (Å²) in [4.78, 5) is 15.4. The monoisotopic (exact) mass is 509 g/mol. The number of rotatable bonds is 6.